The maximum atomic E-state index is 12.1. The van der Waals surface area contributed by atoms with E-state index in [1.54, 1.807) is 6.08 Å². The molecule has 0 radical (unpaired) electrons. The van der Waals surface area contributed by atoms with E-state index in [9.17, 15) is 8.42 Å². The minimum absolute atomic E-state index is 0.405. The summed E-state index contributed by atoms with van der Waals surface area (Å²) in [6, 6.07) is 19.9. The quantitative estimate of drug-likeness (QED) is 0.812. The Bertz CT molecular complexity index is 796. The van der Waals surface area contributed by atoms with Crippen LogP contribution in [0.15, 0.2) is 66.1 Å². The van der Waals surface area contributed by atoms with Gasteiger partial charge in [-0.15, -0.1) is 0 Å². The molecule has 1 aliphatic heterocycles. The Morgan fingerprint density at radius 2 is 1.58 bits per heavy atom. The van der Waals surface area contributed by atoms with Crippen molar-refractivity contribution in [2.24, 2.45) is 5.92 Å². The van der Waals surface area contributed by atoms with Crippen LogP contribution in [0.2, 0.25) is 0 Å². The lowest BCUT2D eigenvalue weighted by Crippen LogP contribution is -2.37. The molecule has 0 aromatic heterocycles. The Morgan fingerprint density at radius 1 is 0.962 bits per heavy atom. The summed E-state index contributed by atoms with van der Waals surface area (Å²) in [5.41, 5.74) is 2.21. The van der Waals surface area contributed by atoms with Gasteiger partial charge in [-0.2, -0.15) is 0 Å². The molecule has 1 saturated heterocycles. The molecule has 1 N–H and O–H groups in total. The second-order valence-corrected chi connectivity index (χ2v) is 8.46. The molecule has 1 heterocycles. The Hall–Kier alpha value is -1.95. The highest BCUT2D eigenvalue weighted by Gasteiger charge is 2.20. The van der Waals surface area contributed by atoms with Gasteiger partial charge >= 0.3 is 0 Å². The molecule has 0 spiro atoms. The van der Waals surface area contributed by atoms with Crippen LogP contribution >= 0.6 is 0 Å². The Morgan fingerprint density at radius 3 is 2.23 bits per heavy atom. The van der Waals surface area contributed by atoms with E-state index in [4.69, 9.17) is 0 Å². The lowest BCUT2D eigenvalue weighted by atomic mass is 9.97. The van der Waals surface area contributed by atoms with Gasteiger partial charge in [0.05, 0.1) is 0 Å². The van der Waals surface area contributed by atoms with Gasteiger partial charge in [0.25, 0.3) is 0 Å². The number of hydrogen-bond donors (Lipinski definition) is 1. The van der Waals surface area contributed by atoms with Gasteiger partial charge in [-0.3, -0.25) is 4.90 Å². The van der Waals surface area contributed by atoms with Crippen LogP contribution in [0.4, 0.5) is 0 Å². The first-order chi connectivity index (χ1) is 12.6. The normalized spacial score (nSPS) is 16.9. The number of hydrogen-bond acceptors (Lipinski definition) is 3. The molecule has 0 bridgehead atoms. The van der Waals surface area contributed by atoms with Gasteiger partial charge in [-0.1, -0.05) is 60.7 Å². The van der Waals surface area contributed by atoms with E-state index in [0.717, 1.165) is 38.0 Å². The molecule has 1 aliphatic rings. The Labute approximate surface area is 156 Å². The average Bonchev–Trinajstić information content (AvgIpc) is 2.68. The third-order valence-electron chi connectivity index (χ3n) is 4.77. The zero-order valence-corrected chi connectivity index (χ0v) is 15.7. The minimum atomic E-state index is -3.39. The highest BCUT2D eigenvalue weighted by Crippen LogP contribution is 2.18. The topological polar surface area (TPSA) is 49.4 Å². The van der Waals surface area contributed by atoms with Crippen LogP contribution < -0.4 is 4.72 Å². The summed E-state index contributed by atoms with van der Waals surface area (Å²) in [6.45, 7) is 3.52. The molecule has 1 fully saturated rings. The number of rotatable bonds is 7. The second kappa shape index (κ2) is 9.12. The highest BCUT2D eigenvalue weighted by atomic mass is 32.2. The van der Waals surface area contributed by atoms with Gasteiger partial charge in [0, 0.05) is 18.5 Å². The lowest BCUT2D eigenvalue weighted by molar-refractivity contribution is 0.178. The molecule has 0 unspecified atom stereocenters. The standard InChI is InChI=1S/C21H26N2O2S/c24-26(25,16-13-19-7-3-1-4-8-19)22-17-20-11-14-23(15-12-20)18-21-9-5-2-6-10-21/h1-10,13,16,20,22H,11-12,14-15,17-18H2/b16-13+. The van der Waals surface area contributed by atoms with Crippen LogP contribution in [0.5, 0.6) is 0 Å². The van der Waals surface area contributed by atoms with E-state index in [1.807, 2.05) is 36.4 Å². The first-order valence-electron chi connectivity index (χ1n) is 9.10. The summed E-state index contributed by atoms with van der Waals surface area (Å²) in [5.74, 6) is 0.405. The molecule has 0 aliphatic carbocycles. The molecular weight excluding hydrogens is 344 g/mol. The molecule has 4 nitrogen and oxygen atoms in total. The zero-order chi connectivity index (χ0) is 18.2. The summed E-state index contributed by atoms with van der Waals surface area (Å²) in [4.78, 5) is 2.44. The fourth-order valence-corrected chi connectivity index (χ4v) is 4.11. The van der Waals surface area contributed by atoms with Crippen LogP contribution in [-0.2, 0) is 16.6 Å². The third-order valence-corrected chi connectivity index (χ3v) is 5.83. The number of benzene rings is 2. The smallest absolute Gasteiger partial charge is 0.233 e. The van der Waals surface area contributed by atoms with Crippen LogP contribution in [0.25, 0.3) is 6.08 Å². The molecule has 3 rings (SSSR count). The van der Waals surface area contributed by atoms with E-state index in [0.29, 0.717) is 12.5 Å². The number of likely N-dealkylation sites (tertiary alicyclic amines) is 1. The molecule has 5 heteroatoms. The summed E-state index contributed by atoms with van der Waals surface area (Å²) < 4.78 is 27.0. The number of piperidine rings is 1. The van der Waals surface area contributed by atoms with Crippen molar-refractivity contribution in [3.63, 3.8) is 0 Å². The van der Waals surface area contributed by atoms with Crippen LogP contribution in [0.1, 0.15) is 24.0 Å². The number of nitrogens with zero attached hydrogens (tertiary/aromatic N) is 1. The molecule has 0 saturated carbocycles. The van der Waals surface area contributed by atoms with Gasteiger partial charge in [0.15, 0.2) is 0 Å². The van der Waals surface area contributed by atoms with Crippen molar-refractivity contribution < 1.29 is 8.42 Å². The van der Waals surface area contributed by atoms with E-state index < -0.39 is 10.0 Å². The van der Waals surface area contributed by atoms with Gasteiger partial charge in [-0.25, -0.2) is 13.1 Å². The van der Waals surface area contributed by atoms with Gasteiger partial charge in [-0.05, 0) is 49.1 Å². The Kier molecular flexibility index (Phi) is 6.61. The SMILES string of the molecule is O=S(=O)(/C=C/c1ccccc1)NCC1CCN(Cc2ccccc2)CC1. The van der Waals surface area contributed by atoms with Crippen LogP contribution in [-0.4, -0.2) is 33.0 Å². The highest BCUT2D eigenvalue weighted by molar-refractivity contribution is 7.92. The molecule has 26 heavy (non-hydrogen) atoms. The molecular formula is C21H26N2O2S. The molecule has 2 aromatic rings. The lowest BCUT2D eigenvalue weighted by Gasteiger charge is -2.31. The molecule has 0 atom stereocenters. The number of nitrogens with one attached hydrogen (secondary N) is 1. The molecule has 138 valence electrons. The number of sulfonamides is 1. The van der Waals surface area contributed by atoms with Crippen molar-refractivity contribution in [2.75, 3.05) is 19.6 Å². The summed E-state index contributed by atoms with van der Waals surface area (Å²) in [5, 5.41) is 1.26. The van der Waals surface area contributed by atoms with Crippen molar-refractivity contribution in [1.29, 1.82) is 0 Å². The van der Waals surface area contributed by atoms with Crippen molar-refractivity contribution in [1.82, 2.24) is 9.62 Å². The van der Waals surface area contributed by atoms with Crippen molar-refractivity contribution in [2.45, 2.75) is 19.4 Å². The maximum absolute atomic E-state index is 12.1. The van der Waals surface area contributed by atoms with Crippen molar-refractivity contribution in [3.05, 3.63) is 77.2 Å². The Balaban J connectivity index is 1.42. The van der Waals surface area contributed by atoms with Gasteiger partial charge in [0.1, 0.15) is 0 Å². The summed E-state index contributed by atoms with van der Waals surface area (Å²) in [7, 11) is -3.39. The van der Waals surface area contributed by atoms with Crippen molar-refractivity contribution >= 4 is 16.1 Å². The first kappa shape index (κ1) is 18.8. The maximum Gasteiger partial charge on any atom is 0.233 e. The predicted octanol–water partition coefficient (Wildman–Crippen LogP) is 3.49. The molecule has 0 amide bonds. The van der Waals surface area contributed by atoms with Crippen LogP contribution in [0.3, 0.4) is 0 Å². The average molecular weight is 371 g/mol. The monoisotopic (exact) mass is 370 g/mol. The fourth-order valence-electron chi connectivity index (χ4n) is 3.20. The summed E-state index contributed by atoms with van der Waals surface area (Å²) >= 11 is 0. The minimum Gasteiger partial charge on any atom is -0.299 e. The zero-order valence-electron chi connectivity index (χ0n) is 14.9. The second-order valence-electron chi connectivity index (χ2n) is 6.81. The van der Waals surface area contributed by atoms with E-state index in [-0.39, 0.29) is 0 Å². The molecule has 2 aromatic carbocycles. The first-order valence-corrected chi connectivity index (χ1v) is 10.6. The third kappa shape index (κ3) is 6.09. The predicted molar refractivity (Wildman–Crippen MR) is 107 cm³/mol. The van der Waals surface area contributed by atoms with E-state index in [2.05, 4.69) is 33.9 Å². The van der Waals surface area contributed by atoms with Gasteiger partial charge < -0.3 is 0 Å². The van der Waals surface area contributed by atoms with E-state index in [1.165, 1.54) is 11.0 Å². The van der Waals surface area contributed by atoms with Crippen molar-refractivity contribution in [3.8, 4) is 0 Å². The van der Waals surface area contributed by atoms with Crippen LogP contribution in [0, 0.1) is 5.92 Å². The van der Waals surface area contributed by atoms with E-state index >= 15 is 0 Å². The van der Waals surface area contributed by atoms with Gasteiger partial charge in [0.2, 0.25) is 10.0 Å². The largest absolute Gasteiger partial charge is 0.299 e. The summed E-state index contributed by atoms with van der Waals surface area (Å²) in [6.07, 6.45) is 3.68. The fraction of sp³-hybridized carbons (Fsp3) is 0.333.